The quantitative estimate of drug-likeness (QED) is 0.331. The van der Waals surface area contributed by atoms with E-state index in [9.17, 15) is 14.8 Å². The SMILES string of the molecule is O=C1C2CC3(C=CC2C3)C(=O)N1O. The molecular formula is C9H9NO3. The molecule has 1 spiro atoms. The van der Waals surface area contributed by atoms with Gasteiger partial charge in [-0.3, -0.25) is 14.8 Å². The average molecular weight is 179 g/mol. The molecule has 3 rings (SSSR count). The summed E-state index contributed by atoms with van der Waals surface area (Å²) in [5, 5.41) is 9.56. The van der Waals surface area contributed by atoms with Gasteiger partial charge in [0.2, 0.25) is 0 Å². The first-order chi connectivity index (χ1) is 6.14. The van der Waals surface area contributed by atoms with Crippen molar-refractivity contribution in [2.45, 2.75) is 12.8 Å². The van der Waals surface area contributed by atoms with Crippen molar-refractivity contribution < 1.29 is 14.8 Å². The van der Waals surface area contributed by atoms with Gasteiger partial charge in [-0.25, -0.2) is 0 Å². The monoisotopic (exact) mass is 179 g/mol. The zero-order chi connectivity index (χ0) is 9.22. The lowest BCUT2D eigenvalue weighted by Gasteiger charge is -2.33. The smallest absolute Gasteiger partial charge is 0.263 e. The van der Waals surface area contributed by atoms with Gasteiger partial charge in [-0.05, 0) is 18.8 Å². The Kier molecular flexibility index (Phi) is 1.03. The van der Waals surface area contributed by atoms with E-state index in [-0.39, 0.29) is 11.8 Å². The van der Waals surface area contributed by atoms with Crippen LogP contribution in [0.15, 0.2) is 12.2 Å². The summed E-state index contributed by atoms with van der Waals surface area (Å²) >= 11 is 0. The van der Waals surface area contributed by atoms with Gasteiger partial charge in [0.1, 0.15) is 0 Å². The van der Waals surface area contributed by atoms with Gasteiger partial charge < -0.3 is 0 Å². The van der Waals surface area contributed by atoms with Crippen LogP contribution in [-0.2, 0) is 9.59 Å². The number of nitrogens with zero attached hydrogens (tertiary/aromatic N) is 1. The zero-order valence-electron chi connectivity index (χ0n) is 6.93. The van der Waals surface area contributed by atoms with Gasteiger partial charge >= 0.3 is 0 Å². The Hall–Kier alpha value is -1.16. The van der Waals surface area contributed by atoms with Gasteiger partial charge in [-0.1, -0.05) is 12.2 Å². The van der Waals surface area contributed by atoms with E-state index in [1.165, 1.54) is 0 Å². The molecule has 4 nitrogen and oxygen atoms in total. The third kappa shape index (κ3) is 0.624. The summed E-state index contributed by atoms with van der Waals surface area (Å²) in [7, 11) is 0. The minimum Gasteiger partial charge on any atom is -0.278 e. The van der Waals surface area contributed by atoms with Crippen LogP contribution in [0.1, 0.15) is 12.8 Å². The van der Waals surface area contributed by atoms with Crippen molar-refractivity contribution in [1.29, 1.82) is 0 Å². The summed E-state index contributed by atoms with van der Waals surface area (Å²) in [4.78, 5) is 23.0. The Bertz CT molecular complexity index is 349. The minimum atomic E-state index is -0.544. The van der Waals surface area contributed by atoms with Crippen LogP contribution in [0.25, 0.3) is 0 Å². The second kappa shape index (κ2) is 1.85. The summed E-state index contributed by atoms with van der Waals surface area (Å²) in [5.41, 5.74) is -0.544. The van der Waals surface area contributed by atoms with E-state index in [1.54, 1.807) is 0 Å². The second-order valence-corrected chi connectivity index (χ2v) is 4.15. The first-order valence-electron chi connectivity index (χ1n) is 4.41. The third-order valence-corrected chi connectivity index (χ3v) is 3.51. The third-order valence-electron chi connectivity index (χ3n) is 3.51. The average Bonchev–Trinajstić information content (AvgIpc) is 2.69. The lowest BCUT2D eigenvalue weighted by Crippen LogP contribution is -2.50. The van der Waals surface area contributed by atoms with E-state index in [0.717, 1.165) is 0 Å². The Morgan fingerprint density at radius 1 is 1.46 bits per heavy atom. The van der Waals surface area contributed by atoms with Crippen LogP contribution >= 0.6 is 0 Å². The van der Waals surface area contributed by atoms with Crippen LogP contribution in [0.5, 0.6) is 0 Å². The molecule has 2 amide bonds. The van der Waals surface area contributed by atoms with Crippen molar-refractivity contribution in [2.75, 3.05) is 0 Å². The van der Waals surface area contributed by atoms with Gasteiger partial charge in [0, 0.05) is 5.92 Å². The molecule has 13 heavy (non-hydrogen) atoms. The molecule has 4 heteroatoms. The van der Waals surface area contributed by atoms with E-state index < -0.39 is 17.2 Å². The fourth-order valence-electron chi connectivity index (χ4n) is 2.82. The number of carbonyl (C=O) groups is 2. The highest BCUT2D eigenvalue weighted by Gasteiger charge is 2.60. The van der Waals surface area contributed by atoms with Crippen molar-refractivity contribution >= 4 is 11.8 Å². The fraction of sp³-hybridized carbons (Fsp3) is 0.556. The van der Waals surface area contributed by atoms with E-state index >= 15 is 0 Å². The standard InChI is InChI=1S/C9H9NO3/c11-7-6-4-9(8(12)10(7)13)2-1-5(6)3-9/h1-2,5-6,13H,3-4H2. The van der Waals surface area contributed by atoms with E-state index in [1.807, 2.05) is 12.2 Å². The summed E-state index contributed by atoms with van der Waals surface area (Å²) in [5.74, 6) is -0.848. The van der Waals surface area contributed by atoms with E-state index in [0.29, 0.717) is 17.9 Å². The Morgan fingerprint density at radius 3 is 3.00 bits per heavy atom. The summed E-state index contributed by atoms with van der Waals surface area (Å²) in [6.07, 6.45) is 5.10. The lowest BCUT2D eigenvalue weighted by atomic mass is 9.80. The predicted molar refractivity (Wildman–Crippen MR) is 41.4 cm³/mol. The molecule has 2 aliphatic carbocycles. The second-order valence-electron chi connectivity index (χ2n) is 4.15. The van der Waals surface area contributed by atoms with Crippen LogP contribution in [0.3, 0.4) is 0 Å². The number of amides is 2. The van der Waals surface area contributed by atoms with Gasteiger partial charge in [0.15, 0.2) is 0 Å². The van der Waals surface area contributed by atoms with Gasteiger partial charge in [0.05, 0.1) is 5.41 Å². The van der Waals surface area contributed by atoms with E-state index in [4.69, 9.17) is 0 Å². The number of fused-ring (bicyclic) bond motifs is 3. The highest BCUT2D eigenvalue weighted by atomic mass is 16.5. The van der Waals surface area contributed by atoms with Crippen LogP contribution in [-0.4, -0.2) is 22.1 Å². The van der Waals surface area contributed by atoms with Crippen molar-refractivity contribution in [3.05, 3.63) is 12.2 Å². The summed E-state index contributed by atoms with van der Waals surface area (Å²) in [6.45, 7) is 0. The van der Waals surface area contributed by atoms with Crippen LogP contribution < -0.4 is 0 Å². The van der Waals surface area contributed by atoms with Crippen LogP contribution in [0.4, 0.5) is 0 Å². The maximum absolute atomic E-state index is 11.6. The molecular weight excluding hydrogens is 170 g/mol. The fourth-order valence-corrected chi connectivity index (χ4v) is 2.82. The number of hydrogen-bond acceptors (Lipinski definition) is 3. The van der Waals surface area contributed by atoms with Gasteiger partial charge in [-0.15, -0.1) is 0 Å². The Morgan fingerprint density at radius 2 is 2.23 bits per heavy atom. The molecule has 0 aromatic heterocycles. The maximum atomic E-state index is 11.6. The largest absolute Gasteiger partial charge is 0.278 e. The Balaban J connectivity index is 2.16. The van der Waals surface area contributed by atoms with Crippen molar-refractivity contribution in [3.63, 3.8) is 0 Å². The molecule has 1 N–H and O–H groups in total. The maximum Gasteiger partial charge on any atom is 0.263 e. The number of allylic oxidation sites excluding steroid dienone is 1. The van der Waals surface area contributed by atoms with E-state index in [2.05, 4.69) is 0 Å². The van der Waals surface area contributed by atoms with Gasteiger partial charge in [0.25, 0.3) is 11.8 Å². The number of piperidine rings is 1. The molecule has 0 aromatic carbocycles. The highest BCUT2D eigenvalue weighted by molar-refractivity contribution is 6.03. The number of imide groups is 1. The predicted octanol–water partition coefficient (Wildman–Crippen LogP) is 0.327. The first kappa shape index (κ1) is 7.26. The number of hydroxylamine groups is 2. The van der Waals surface area contributed by atoms with Crippen molar-refractivity contribution in [1.82, 2.24) is 5.06 Å². The van der Waals surface area contributed by atoms with Crippen molar-refractivity contribution in [2.24, 2.45) is 17.3 Å². The lowest BCUT2D eigenvalue weighted by molar-refractivity contribution is -0.192. The zero-order valence-corrected chi connectivity index (χ0v) is 6.93. The highest BCUT2D eigenvalue weighted by Crippen LogP contribution is 2.56. The Labute approximate surface area is 74.8 Å². The molecule has 3 unspecified atom stereocenters. The normalized spacial score (nSPS) is 46.4. The summed E-state index contributed by atoms with van der Waals surface area (Å²) < 4.78 is 0. The number of rotatable bonds is 0. The number of hydrogen-bond donors (Lipinski definition) is 1. The van der Waals surface area contributed by atoms with Crippen molar-refractivity contribution in [3.8, 4) is 0 Å². The molecule has 3 atom stereocenters. The van der Waals surface area contributed by atoms with Gasteiger partial charge in [-0.2, -0.15) is 5.06 Å². The number of carbonyl (C=O) groups excluding carboxylic acids is 2. The minimum absolute atomic E-state index is 0.160. The first-order valence-corrected chi connectivity index (χ1v) is 4.41. The van der Waals surface area contributed by atoms with Crippen LogP contribution in [0.2, 0.25) is 0 Å². The molecule has 1 saturated heterocycles. The molecule has 0 aromatic rings. The molecule has 1 saturated carbocycles. The molecule has 2 fully saturated rings. The van der Waals surface area contributed by atoms with Crippen LogP contribution in [0, 0.1) is 17.3 Å². The molecule has 68 valence electrons. The molecule has 1 aliphatic heterocycles. The molecule has 3 bridgehead atoms. The topological polar surface area (TPSA) is 57.6 Å². The molecule has 3 aliphatic rings. The molecule has 0 radical (unpaired) electrons. The summed E-state index contributed by atoms with van der Waals surface area (Å²) in [6, 6.07) is 0. The molecule has 1 heterocycles.